The fourth-order valence-electron chi connectivity index (χ4n) is 1.74. The van der Waals surface area contributed by atoms with Gasteiger partial charge in [-0.05, 0) is 29.6 Å². The molecule has 0 fully saturated rings. The minimum absolute atomic E-state index is 0.0595. The Bertz CT molecular complexity index is 542. The molecule has 0 saturated heterocycles. The first-order valence-electron chi connectivity index (χ1n) is 4.19. The van der Waals surface area contributed by atoms with E-state index in [1.54, 1.807) is 12.1 Å². The molecule has 0 saturated carbocycles. The van der Waals surface area contributed by atoms with Gasteiger partial charge in [-0.25, -0.2) is 4.39 Å². The maximum atomic E-state index is 12.9. The Balaban J connectivity index is 2.38. The highest BCUT2D eigenvalue weighted by Gasteiger charge is 2.27. The summed E-state index contributed by atoms with van der Waals surface area (Å²) in [7, 11) is 0. The molecule has 1 aliphatic rings. The molecule has 1 aromatic heterocycles. The first kappa shape index (κ1) is 7.88. The number of carbonyl (C=O) groups excluding carboxylic acids is 1. The van der Waals surface area contributed by atoms with E-state index in [2.05, 4.69) is 0 Å². The van der Waals surface area contributed by atoms with Gasteiger partial charge in [0.2, 0.25) is 0 Å². The van der Waals surface area contributed by atoms with Gasteiger partial charge < -0.3 is 0 Å². The maximum Gasteiger partial charge on any atom is 0.195 e. The SMILES string of the molecule is O=C1c2cc(F)ccc2-c2sccc21. The van der Waals surface area contributed by atoms with E-state index in [1.165, 1.54) is 23.5 Å². The number of thiophene rings is 1. The quantitative estimate of drug-likeness (QED) is 0.550. The van der Waals surface area contributed by atoms with Crippen molar-refractivity contribution in [2.45, 2.75) is 0 Å². The van der Waals surface area contributed by atoms with Crippen molar-refractivity contribution in [3.8, 4) is 10.4 Å². The van der Waals surface area contributed by atoms with Crippen molar-refractivity contribution in [2.24, 2.45) is 0 Å². The summed E-state index contributed by atoms with van der Waals surface area (Å²) in [6.07, 6.45) is 0. The number of hydrogen-bond donors (Lipinski definition) is 0. The lowest BCUT2D eigenvalue weighted by atomic mass is 10.1. The van der Waals surface area contributed by atoms with E-state index in [0.717, 1.165) is 10.4 Å². The van der Waals surface area contributed by atoms with Crippen LogP contribution < -0.4 is 0 Å². The molecule has 3 heteroatoms. The Morgan fingerprint density at radius 3 is 2.79 bits per heavy atom. The third kappa shape index (κ3) is 0.849. The Morgan fingerprint density at radius 1 is 1.07 bits per heavy atom. The number of carbonyl (C=O) groups is 1. The molecule has 0 N–H and O–H groups in total. The van der Waals surface area contributed by atoms with Crippen LogP contribution in [-0.4, -0.2) is 5.78 Å². The summed E-state index contributed by atoms with van der Waals surface area (Å²) in [5.74, 6) is -0.414. The van der Waals surface area contributed by atoms with Crippen molar-refractivity contribution in [2.75, 3.05) is 0 Å². The van der Waals surface area contributed by atoms with Crippen molar-refractivity contribution in [1.82, 2.24) is 0 Å². The third-order valence-electron chi connectivity index (χ3n) is 2.38. The molecule has 0 radical (unpaired) electrons. The lowest BCUT2D eigenvalue weighted by Crippen LogP contribution is -1.94. The van der Waals surface area contributed by atoms with E-state index >= 15 is 0 Å². The van der Waals surface area contributed by atoms with Gasteiger partial charge in [-0.15, -0.1) is 11.3 Å². The van der Waals surface area contributed by atoms with E-state index in [0.29, 0.717) is 11.1 Å². The fourth-order valence-corrected chi connectivity index (χ4v) is 2.68. The largest absolute Gasteiger partial charge is 0.289 e. The number of ketones is 1. The number of fused-ring (bicyclic) bond motifs is 3. The van der Waals surface area contributed by atoms with Gasteiger partial charge in [-0.3, -0.25) is 4.79 Å². The fraction of sp³-hybridized carbons (Fsp3) is 0. The van der Waals surface area contributed by atoms with Gasteiger partial charge in [0.05, 0.1) is 0 Å². The molecule has 0 spiro atoms. The number of rotatable bonds is 0. The summed E-state index contributed by atoms with van der Waals surface area (Å²) in [6.45, 7) is 0. The second-order valence-electron chi connectivity index (χ2n) is 3.18. The molecule has 1 aliphatic carbocycles. The first-order chi connectivity index (χ1) is 6.77. The van der Waals surface area contributed by atoms with Crippen molar-refractivity contribution in [3.63, 3.8) is 0 Å². The zero-order chi connectivity index (χ0) is 9.71. The molecule has 0 aliphatic heterocycles. The number of benzene rings is 1. The predicted octanol–water partition coefficient (Wildman–Crippen LogP) is 3.10. The second kappa shape index (κ2) is 2.51. The highest BCUT2D eigenvalue weighted by molar-refractivity contribution is 7.14. The Labute approximate surface area is 83.8 Å². The van der Waals surface area contributed by atoms with Crippen LogP contribution in [0.1, 0.15) is 15.9 Å². The van der Waals surface area contributed by atoms with Gasteiger partial charge in [0, 0.05) is 21.6 Å². The average Bonchev–Trinajstić information content (AvgIpc) is 2.72. The van der Waals surface area contributed by atoms with E-state index in [4.69, 9.17) is 0 Å². The smallest absolute Gasteiger partial charge is 0.195 e. The summed E-state index contributed by atoms with van der Waals surface area (Å²) >= 11 is 1.52. The standard InChI is InChI=1S/C11H5FOS/c12-6-1-2-7-9(5-6)10(13)8-3-4-14-11(7)8/h1-5H. The molecule has 1 aromatic carbocycles. The Morgan fingerprint density at radius 2 is 1.93 bits per heavy atom. The maximum absolute atomic E-state index is 12.9. The molecule has 2 aromatic rings. The molecular formula is C11H5FOS. The molecule has 0 bridgehead atoms. The minimum Gasteiger partial charge on any atom is -0.289 e. The molecule has 14 heavy (non-hydrogen) atoms. The zero-order valence-corrected chi connectivity index (χ0v) is 7.90. The normalized spacial score (nSPS) is 12.8. The molecule has 3 rings (SSSR count). The molecule has 0 unspecified atom stereocenters. The number of halogens is 1. The van der Waals surface area contributed by atoms with Gasteiger partial charge in [0.15, 0.2) is 5.78 Å². The van der Waals surface area contributed by atoms with Gasteiger partial charge in [-0.1, -0.05) is 0 Å². The summed E-state index contributed by atoms with van der Waals surface area (Å²) in [6, 6.07) is 6.16. The van der Waals surface area contributed by atoms with Crippen LogP contribution in [0.25, 0.3) is 10.4 Å². The highest BCUT2D eigenvalue weighted by Crippen LogP contribution is 2.40. The van der Waals surface area contributed by atoms with Gasteiger partial charge in [-0.2, -0.15) is 0 Å². The lowest BCUT2D eigenvalue weighted by Gasteiger charge is -1.96. The molecule has 1 heterocycles. The topological polar surface area (TPSA) is 17.1 Å². The monoisotopic (exact) mass is 204 g/mol. The van der Waals surface area contributed by atoms with Crippen LogP contribution in [0.4, 0.5) is 4.39 Å². The van der Waals surface area contributed by atoms with Crippen molar-refractivity contribution in [1.29, 1.82) is 0 Å². The summed E-state index contributed by atoms with van der Waals surface area (Å²) in [5, 5.41) is 1.88. The van der Waals surface area contributed by atoms with Gasteiger partial charge >= 0.3 is 0 Å². The molecule has 68 valence electrons. The summed E-state index contributed by atoms with van der Waals surface area (Å²) in [5.41, 5.74) is 2.06. The zero-order valence-electron chi connectivity index (χ0n) is 7.08. The van der Waals surface area contributed by atoms with Crippen LogP contribution in [0.2, 0.25) is 0 Å². The van der Waals surface area contributed by atoms with Crippen LogP contribution >= 0.6 is 11.3 Å². The third-order valence-corrected chi connectivity index (χ3v) is 3.33. The minimum atomic E-state index is -0.354. The van der Waals surface area contributed by atoms with Crippen LogP contribution in [0.3, 0.4) is 0 Å². The van der Waals surface area contributed by atoms with Crippen LogP contribution in [-0.2, 0) is 0 Å². The van der Waals surface area contributed by atoms with Crippen LogP contribution in [0.15, 0.2) is 29.6 Å². The van der Waals surface area contributed by atoms with E-state index in [-0.39, 0.29) is 11.6 Å². The molecule has 0 atom stereocenters. The highest BCUT2D eigenvalue weighted by atomic mass is 32.1. The first-order valence-corrected chi connectivity index (χ1v) is 5.07. The van der Waals surface area contributed by atoms with Crippen LogP contribution in [0.5, 0.6) is 0 Å². The van der Waals surface area contributed by atoms with Crippen molar-refractivity contribution >= 4 is 17.1 Å². The van der Waals surface area contributed by atoms with Gasteiger partial charge in [0.25, 0.3) is 0 Å². The molecule has 1 nitrogen and oxygen atoms in total. The van der Waals surface area contributed by atoms with Crippen molar-refractivity contribution in [3.05, 3.63) is 46.6 Å². The molecular weight excluding hydrogens is 199 g/mol. The Hall–Kier alpha value is -1.48. The summed E-state index contributed by atoms with van der Waals surface area (Å²) in [4.78, 5) is 12.7. The average molecular weight is 204 g/mol. The van der Waals surface area contributed by atoms with Crippen molar-refractivity contribution < 1.29 is 9.18 Å². The van der Waals surface area contributed by atoms with Crippen LogP contribution in [0, 0.1) is 5.82 Å². The second-order valence-corrected chi connectivity index (χ2v) is 4.10. The van der Waals surface area contributed by atoms with Gasteiger partial charge in [0.1, 0.15) is 5.82 Å². The van der Waals surface area contributed by atoms with E-state index in [1.807, 2.05) is 5.38 Å². The van der Waals surface area contributed by atoms with E-state index < -0.39 is 0 Å². The number of hydrogen-bond acceptors (Lipinski definition) is 2. The Kier molecular flexibility index (Phi) is 1.42. The molecule has 0 amide bonds. The predicted molar refractivity (Wildman–Crippen MR) is 53.1 cm³/mol. The van der Waals surface area contributed by atoms with E-state index in [9.17, 15) is 9.18 Å². The summed E-state index contributed by atoms with van der Waals surface area (Å²) < 4.78 is 12.9. The lowest BCUT2D eigenvalue weighted by molar-refractivity contribution is 0.104.